The Morgan fingerprint density at radius 2 is 1.63 bits per heavy atom. The number of carbonyl (C=O) groups excluding carboxylic acids is 1. The average Bonchev–Trinajstić information content (AvgIpc) is 3.30. The van der Waals surface area contributed by atoms with E-state index in [0.717, 1.165) is 31.7 Å². The predicted molar refractivity (Wildman–Crippen MR) is 111 cm³/mol. The third kappa shape index (κ3) is 4.51. The lowest BCUT2D eigenvalue weighted by Crippen LogP contribution is -2.21. The Morgan fingerprint density at radius 1 is 0.933 bits per heavy atom. The van der Waals surface area contributed by atoms with Crippen molar-refractivity contribution < 1.29 is 13.2 Å². The molecule has 3 heterocycles. The molecule has 1 aliphatic heterocycles. The van der Waals surface area contributed by atoms with Crippen LogP contribution in [0.4, 0.5) is 17.5 Å². The summed E-state index contributed by atoms with van der Waals surface area (Å²) in [5, 5.41) is 10.8. The van der Waals surface area contributed by atoms with Crippen molar-refractivity contribution in [3.05, 3.63) is 60.6 Å². The van der Waals surface area contributed by atoms with Crippen molar-refractivity contribution in [3.63, 3.8) is 0 Å². The number of amides is 1. The van der Waals surface area contributed by atoms with Crippen LogP contribution in [0.15, 0.2) is 59.8 Å². The summed E-state index contributed by atoms with van der Waals surface area (Å²) in [6, 6.07) is 10.7. The molecule has 1 amide bonds. The van der Waals surface area contributed by atoms with Gasteiger partial charge in [-0.15, -0.1) is 10.2 Å². The molecule has 0 radical (unpaired) electrons. The molecule has 2 N–H and O–H groups in total. The van der Waals surface area contributed by atoms with Gasteiger partial charge in [0, 0.05) is 31.2 Å². The summed E-state index contributed by atoms with van der Waals surface area (Å²) in [7, 11) is -3.84. The fourth-order valence-corrected chi connectivity index (χ4v) is 3.96. The van der Waals surface area contributed by atoms with E-state index in [2.05, 4.69) is 35.1 Å². The molecule has 1 saturated heterocycles. The molecule has 1 fully saturated rings. The maximum Gasteiger partial charge on any atom is 0.276 e. The molecule has 11 heteroatoms. The van der Waals surface area contributed by atoms with Crippen molar-refractivity contribution in [2.24, 2.45) is 0 Å². The number of rotatable bonds is 6. The first kappa shape index (κ1) is 19.7. The molecule has 4 rings (SSSR count). The summed E-state index contributed by atoms with van der Waals surface area (Å²) in [4.78, 5) is 22.2. The topological polar surface area (TPSA) is 130 Å². The molecule has 1 aliphatic rings. The van der Waals surface area contributed by atoms with E-state index in [-0.39, 0.29) is 16.5 Å². The lowest BCUT2D eigenvalue weighted by atomic mass is 10.3. The molecule has 154 valence electrons. The first-order chi connectivity index (χ1) is 14.5. The van der Waals surface area contributed by atoms with Gasteiger partial charge < -0.3 is 10.2 Å². The number of nitrogens with one attached hydrogen (secondary N) is 2. The zero-order chi connectivity index (χ0) is 21.0. The molecule has 0 aliphatic carbocycles. The van der Waals surface area contributed by atoms with Gasteiger partial charge in [0.25, 0.3) is 15.9 Å². The van der Waals surface area contributed by atoms with Gasteiger partial charge in [-0.2, -0.15) is 0 Å². The van der Waals surface area contributed by atoms with E-state index in [1.807, 2.05) is 0 Å². The van der Waals surface area contributed by atoms with Gasteiger partial charge in [-0.3, -0.25) is 4.79 Å². The fourth-order valence-electron chi connectivity index (χ4n) is 3.00. The van der Waals surface area contributed by atoms with Crippen LogP contribution in [0.25, 0.3) is 0 Å². The van der Waals surface area contributed by atoms with Crippen LogP contribution >= 0.6 is 0 Å². The molecule has 0 atom stereocenters. The van der Waals surface area contributed by atoms with E-state index in [4.69, 9.17) is 0 Å². The van der Waals surface area contributed by atoms with Gasteiger partial charge in [-0.25, -0.2) is 23.1 Å². The largest absolute Gasteiger partial charge is 0.355 e. The van der Waals surface area contributed by atoms with Crippen LogP contribution in [0.1, 0.15) is 23.3 Å². The molecule has 10 nitrogen and oxygen atoms in total. The average molecular weight is 425 g/mol. The van der Waals surface area contributed by atoms with Crippen molar-refractivity contribution in [1.82, 2.24) is 20.2 Å². The SMILES string of the molecule is O=C(Nc1ccc(S(=O)(=O)Nc2ncccn2)cc1)c1ccc(N2CCCC2)nn1. The van der Waals surface area contributed by atoms with Gasteiger partial charge in [0.2, 0.25) is 5.95 Å². The zero-order valence-electron chi connectivity index (χ0n) is 15.9. The molecule has 0 saturated carbocycles. The van der Waals surface area contributed by atoms with Gasteiger partial charge in [-0.05, 0) is 55.3 Å². The van der Waals surface area contributed by atoms with E-state index in [1.54, 1.807) is 18.2 Å². The van der Waals surface area contributed by atoms with Crippen molar-refractivity contribution in [2.75, 3.05) is 28.0 Å². The molecular weight excluding hydrogens is 406 g/mol. The summed E-state index contributed by atoms with van der Waals surface area (Å²) in [6.45, 7) is 1.89. The summed E-state index contributed by atoms with van der Waals surface area (Å²) in [5.41, 5.74) is 0.609. The summed E-state index contributed by atoms with van der Waals surface area (Å²) in [5.74, 6) is 0.307. The molecular formula is C19H19N7O3S. The number of carbonyl (C=O) groups is 1. The number of hydrogen-bond donors (Lipinski definition) is 2. The number of sulfonamides is 1. The minimum Gasteiger partial charge on any atom is -0.355 e. The normalized spacial score (nSPS) is 13.8. The Kier molecular flexibility index (Phi) is 5.53. The Labute approximate surface area is 173 Å². The Bertz CT molecular complexity index is 1120. The monoisotopic (exact) mass is 425 g/mol. The van der Waals surface area contributed by atoms with Crippen molar-refractivity contribution in [3.8, 4) is 0 Å². The molecule has 0 bridgehead atoms. The predicted octanol–water partition coefficient (Wildman–Crippen LogP) is 1.92. The van der Waals surface area contributed by atoms with Crippen molar-refractivity contribution in [1.29, 1.82) is 0 Å². The maximum absolute atomic E-state index is 12.4. The molecule has 0 unspecified atom stereocenters. The lowest BCUT2D eigenvalue weighted by molar-refractivity contribution is 0.102. The van der Waals surface area contributed by atoms with Crippen LogP contribution in [0.3, 0.4) is 0 Å². The number of nitrogens with zero attached hydrogens (tertiary/aromatic N) is 5. The Morgan fingerprint density at radius 3 is 2.27 bits per heavy atom. The smallest absolute Gasteiger partial charge is 0.276 e. The van der Waals surface area contributed by atoms with Crippen LogP contribution in [0.2, 0.25) is 0 Å². The Hall–Kier alpha value is -3.60. The minimum absolute atomic E-state index is 0.0164. The molecule has 2 aromatic heterocycles. The second kappa shape index (κ2) is 8.41. The first-order valence-corrected chi connectivity index (χ1v) is 10.8. The molecule has 1 aromatic carbocycles. The van der Waals surface area contributed by atoms with Crippen LogP contribution in [0, 0.1) is 0 Å². The fraction of sp³-hybridized carbons (Fsp3) is 0.211. The highest BCUT2D eigenvalue weighted by Gasteiger charge is 2.17. The van der Waals surface area contributed by atoms with E-state index >= 15 is 0 Å². The molecule has 30 heavy (non-hydrogen) atoms. The number of aromatic nitrogens is 4. The van der Waals surface area contributed by atoms with E-state index in [9.17, 15) is 13.2 Å². The van der Waals surface area contributed by atoms with E-state index < -0.39 is 15.9 Å². The number of hydrogen-bond acceptors (Lipinski definition) is 8. The second-order valence-corrected chi connectivity index (χ2v) is 8.31. The lowest BCUT2D eigenvalue weighted by Gasteiger charge is -2.15. The Balaban J connectivity index is 1.41. The van der Waals surface area contributed by atoms with Crippen LogP contribution in [-0.2, 0) is 10.0 Å². The van der Waals surface area contributed by atoms with E-state index in [0.29, 0.717) is 5.69 Å². The van der Waals surface area contributed by atoms with Gasteiger partial charge in [0.05, 0.1) is 4.90 Å². The van der Waals surface area contributed by atoms with Crippen LogP contribution in [0.5, 0.6) is 0 Å². The highest BCUT2D eigenvalue weighted by Crippen LogP contribution is 2.18. The van der Waals surface area contributed by atoms with Gasteiger partial charge in [0.1, 0.15) is 0 Å². The van der Waals surface area contributed by atoms with Crippen molar-refractivity contribution >= 4 is 33.4 Å². The summed E-state index contributed by atoms with van der Waals surface area (Å²) in [6.07, 6.45) is 5.13. The highest BCUT2D eigenvalue weighted by molar-refractivity contribution is 7.92. The first-order valence-electron chi connectivity index (χ1n) is 9.31. The van der Waals surface area contributed by atoms with Crippen LogP contribution in [-0.4, -0.2) is 47.6 Å². The summed E-state index contributed by atoms with van der Waals surface area (Å²) < 4.78 is 27.1. The second-order valence-electron chi connectivity index (χ2n) is 6.63. The highest BCUT2D eigenvalue weighted by atomic mass is 32.2. The van der Waals surface area contributed by atoms with Crippen LogP contribution < -0.4 is 14.9 Å². The standard InChI is InChI=1S/C19H19N7O3S/c27-18(16-8-9-17(24-23-16)26-12-1-2-13-26)22-14-4-6-15(7-5-14)30(28,29)25-19-20-10-3-11-21-19/h3-11H,1-2,12-13H2,(H,22,27)(H,20,21,25). The summed E-state index contributed by atoms with van der Waals surface area (Å²) >= 11 is 0. The minimum atomic E-state index is -3.84. The number of anilines is 3. The maximum atomic E-state index is 12.4. The third-order valence-electron chi connectivity index (χ3n) is 4.53. The number of benzene rings is 1. The van der Waals surface area contributed by atoms with Gasteiger partial charge >= 0.3 is 0 Å². The van der Waals surface area contributed by atoms with Gasteiger partial charge in [-0.1, -0.05) is 0 Å². The molecule has 3 aromatic rings. The van der Waals surface area contributed by atoms with Gasteiger partial charge in [0.15, 0.2) is 11.5 Å². The van der Waals surface area contributed by atoms with E-state index in [1.165, 1.54) is 36.7 Å². The molecule has 0 spiro atoms. The quantitative estimate of drug-likeness (QED) is 0.613. The van der Waals surface area contributed by atoms with Crippen molar-refractivity contribution in [2.45, 2.75) is 17.7 Å². The zero-order valence-corrected chi connectivity index (χ0v) is 16.7. The third-order valence-corrected chi connectivity index (χ3v) is 5.87.